The number of nitrogens with one attached hydrogen (secondary N) is 1. The van der Waals surface area contributed by atoms with E-state index in [1.165, 1.54) is 43.4 Å². The predicted octanol–water partition coefficient (Wildman–Crippen LogP) is 2.30. The quantitative estimate of drug-likeness (QED) is 0.865. The van der Waals surface area contributed by atoms with Crippen molar-refractivity contribution in [3.05, 3.63) is 65.0 Å². The van der Waals surface area contributed by atoms with E-state index in [9.17, 15) is 18.8 Å². The van der Waals surface area contributed by atoms with Gasteiger partial charge in [0.05, 0.1) is 11.1 Å². The number of carbonyl (C=O) groups is 3. The molecule has 0 saturated carbocycles. The van der Waals surface area contributed by atoms with Gasteiger partial charge in [0, 0.05) is 18.3 Å². The van der Waals surface area contributed by atoms with Crippen molar-refractivity contribution >= 4 is 23.4 Å². The molecule has 0 spiro atoms. The van der Waals surface area contributed by atoms with Gasteiger partial charge in [0.2, 0.25) is 0 Å². The lowest BCUT2D eigenvalue weighted by Crippen LogP contribution is -2.24. The van der Waals surface area contributed by atoms with E-state index in [1.54, 1.807) is 6.07 Å². The zero-order chi connectivity index (χ0) is 15.9. The summed E-state index contributed by atoms with van der Waals surface area (Å²) in [7, 11) is 1.39. The largest absolute Gasteiger partial charge is 0.322 e. The second kappa shape index (κ2) is 5.07. The number of imide groups is 1. The lowest BCUT2D eigenvalue weighted by Gasteiger charge is -2.06. The van der Waals surface area contributed by atoms with Crippen molar-refractivity contribution < 1.29 is 18.8 Å². The molecule has 22 heavy (non-hydrogen) atoms. The van der Waals surface area contributed by atoms with Crippen LogP contribution in [0.15, 0.2) is 42.5 Å². The van der Waals surface area contributed by atoms with Crippen molar-refractivity contribution in [1.82, 2.24) is 4.90 Å². The molecule has 0 aromatic heterocycles. The first-order valence-electron chi connectivity index (χ1n) is 6.51. The standard InChI is InChI=1S/C16H11FN2O3/c1-19-15(21)12-6-5-9(7-13(12)16(19)22)14(20)18-11-4-2-3-10(17)8-11/h2-8H,1H3,(H,18,20). The summed E-state index contributed by atoms with van der Waals surface area (Å²) in [6.45, 7) is 0. The van der Waals surface area contributed by atoms with E-state index in [0.29, 0.717) is 5.69 Å². The minimum atomic E-state index is -0.483. The van der Waals surface area contributed by atoms with E-state index in [0.717, 1.165) is 4.90 Å². The summed E-state index contributed by atoms with van der Waals surface area (Å²) in [5, 5.41) is 2.54. The van der Waals surface area contributed by atoms with E-state index in [-0.39, 0.29) is 16.7 Å². The number of carbonyl (C=O) groups excluding carboxylic acids is 3. The molecule has 3 amide bonds. The van der Waals surface area contributed by atoms with Gasteiger partial charge in [-0.15, -0.1) is 0 Å². The minimum absolute atomic E-state index is 0.194. The van der Waals surface area contributed by atoms with Gasteiger partial charge in [0.1, 0.15) is 5.82 Å². The number of halogens is 1. The normalized spacial score (nSPS) is 13.3. The third kappa shape index (κ3) is 2.24. The van der Waals surface area contributed by atoms with Gasteiger partial charge < -0.3 is 5.32 Å². The van der Waals surface area contributed by atoms with Crippen LogP contribution in [0.25, 0.3) is 0 Å². The molecule has 0 radical (unpaired) electrons. The van der Waals surface area contributed by atoms with Crippen molar-refractivity contribution in [3.8, 4) is 0 Å². The molecule has 2 aromatic carbocycles. The number of fused-ring (bicyclic) bond motifs is 1. The van der Waals surface area contributed by atoms with Crippen LogP contribution in [-0.4, -0.2) is 29.7 Å². The van der Waals surface area contributed by atoms with Gasteiger partial charge in [-0.25, -0.2) is 4.39 Å². The Labute approximate surface area is 125 Å². The van der Waals surface area contributed by atoms with Crippen LogP contribution in [0.5, 0.6) is 0 Å². The lowest BCUT2D eigenvalue weighted by molar-refractivity contribution is 0.0693. The second-order valence-electron chi connectivity index (χ2n) is 4.89. The lowest BCUT2D eigenvalue weighted by atomic mass is 10.1. The summed E-state index contributed by atoms with van der Waals surface area (Å²) >= 11 is 0. The Morgan fingerprint density at radius 3 is 2.50 bits per heavy atom. The molecule has 6 heteroatoms. The van der Waals surface area contributed by atoms with Crippen LogP contribution in [-0.2, 0) is 0 Å². The van der Waals surface area contributed by atoms with E-state index in [4.69, 9.17) is 0 Å². The molecule has 2 aromatic rings. The Kier molecular flexibility index (Phi) is 3.21. The van der Waals surface area contributed by atoms with Gasteiger partial charge in [-0.1, -0.05) is 6.07 Å². The molecule has 0 atom stereocenters. The Hall–Kier alpha value is -3.02. The monoisotopic (exact) mass is 298 g/mol. The van der Waals surface area contributed by atoms with Crippen molar-refractivity contribution in [3.63, 3.8) is 0 Å². The number of hydrogen-bond donors (Lipinski definition) is 1. The summed E-state index contributed by atoms with van der Waals surface area (Å²) < 4.78 is 13.1. The van der Waals surface area contributed by atoms with Crippen LogP contribution in [0.1, 0.15) is 31.1 Å². The molecule has 1 N–H and O–H groups in total. The first-order valence-corrected chi connectivity index (χ1v) is 6.51. The van der Waals surface area contributed by atoms with Gasteiger partial charge in [-0.05, 0) is 36.4 Å². The van der Waals surface area contributed by atoms with E-state index in [2.05, 4.69) is 5.32 Å². The van der Waals surface area contributed by atoms with Crippen LogP contribution in [0.3, 0.4) is 0 Å². The maximum atomic E-state index is 13.1. The summed E-state index contributed by atoms with van der Waals surface area (Å²) in [6, 6.07) is 9.76. The van der Waals surface area contributed by atoms with Gasteiger partial charge >= 0.3 is 0 Å². The maximum absolute atomic E-state index is 13.1. The van der Waals surface area contributed by atoms with E-state index < -0.39 is 23.5 Å². The number of hydrogen-bond acceptors (Lipinski definition) is 3. The highest BCUT2D eigenvalue weighted by Gasteiger charge is 2.33. The summed E-state index contributed by atoms with van der Waals surface area (Å²) in [5.41, 5.74) is 0.999. The predicted molar refractivity (Wildman–Crippen MR) is 77.2 cm³/mol. The zero-order valence-corrected chi connectivity index (χ0v) is 11.6. The first kappa shape index (κ1) is 13.9. The molecule has 0 saturated heterocycles. The Balaban J connectivity index is 1.89. The molecule has 110 valence electrons. The van der Waals surface area contributed by atoms with Crippen molar-refractivity contribution in [1.29, 1.82) is 0 Å². The fourth-order valence-electron chi connectivity index (χ4n) is 2.27. The highest BCUT2D eigenvalue weighted by molar-refractivity contribution is 6.22. The minimum Gasteiger partial charge on any atom is -0.322 e. The molecule has 3 rings (SSSR count). The van der Waals surface area contributed by atoms with Gasteiger partial charge in [-0.3, -0.25) is 19.3 Å². The second-order valence-corrected chi connectivity index (χ2v) is 4.89. The highest BCUT2D eigenvalue weighted by Crippen LogP contribution is 2.23. The van der Waals surface area contributed by atoms with Gasteiger partial charge in [0.25, 0.3) is 17.7 Å². The van der Waals surface area contributed by atoms with Crippen molar-refractivity contribution in [2.75, 3.05) is 12.4 Å². The highest BCUT2D eigenvalue weighted by atomic mass is 19.1. The summed E-state index contributed by atoms with van der Waals surface area (Å²) in [4.78, 5) is 36.8. The molecule has 0 aliphatic carbocycles. The maximum Gasteiger partial charge on any atom is 0.261 e. The molecule has 0 fully saturated rings. The number of anilines is 1. The van der Waals surface area contributed by atoms with Crippen LogP contribution in [0.2, 0.25) is 0 Å². The van der Waals surface area contributed by atoms with Crippen LogP contribution in [0.4, 0.5) is 10.1 Å². The number of nitrogens with zero attached hydrogens (tertiary/aromatic N) is 1. The average Bonchev–Trinajstić information content (AvgIpc) is 2.72. The molecular weight excluding hydrogens is 287 g/mol. The molecule has 1 heterocycles. The smallest absolute Gasteiger partial charge is 0.261 e. The van der Waals surface area contributed by atoms with E-state index >= 15 is 0 Å². The van der Waals surface area contributed by atoms with Crippen LogP contribution in [0, 0.1) is 5.82 Å². The molecule has 1 aliphatic rings. The van der Waals surface area contributed by atoms with Gasteiger partial charge in [0.15, 0.2) is 0 Å². The third-order valence-corrected chi connectivity index (χ3v) is 3.43. The number of rotatable bonds is 2. The Morgan fingerprint density at radius 1 is 1.05 bits per heavy atom. The third-order valence-electron chi connectivity index (χ3n) is 3.43. The average molecular weight is 298 g/mol. The van der Waals surface area contributed by atoms with Gasteiger partial charge in [-0.2, -0.15) is 0 Å². The zero-order valence-electron chi connectivity index (χ0n) is 11.6. The summed E-state index contributed by atoms with van der Waals surface area (Å²) in [6.07, 6.45) is 0. The Bertz CT molecular complexity index is 817. The fraction of sp³-hybridized carbons (Fsp3) is 0.0625. The number of amides is 3. The van der Waals surface area contributed by atoms with Crippen LogP contribution >= 0.6 is 0 Å². The molecule has 1 aliphatic heterocycles. The van der Waals surface area contributed by atoms with Crippen LogP contribution < -0.4 is 5.32 Å². The fourth-order valence-corrected chi connectivity index (χ4v) is 2.27. The molecule has 0 unspecified atom stereocenters. The van der Waals surface area contributed by atoms with Crippen molar-refractivity contribution in [2.45, 2.75) is 0 Å². The molecule has 0 bridgehead atoms. The molecule has 5 nitrogen and oxygen atoms in total. The van der Waals surface area contributed by atoms with E-state index in [1.807, 2.05) is 0 Å². The first-order chi connectivity index (χ1) is 10.5. The van der Waals surface area contributed by atoms with Crippen molar-refractivity contribution in [2.24, 2.45) is 0 Å². The topological polar surface area (TPSA) is 66.5 Å². The molecular formula is C16H11FN2O3. The Morgan fingerprint density at radius 2 is 1.77 bits per heavy atom. The SMILES string of the molecule is CN1C(=O)c2ccc(C(=O)Nc3cccc(F)c3)cc2C1=O. The number of benzene rings is 2. The summed E-state index contributed by atoms with van der Waals surface area (Å²) in [5.74, 6) is -1.78.